The predicted octanol–water partition coefficient (Wildman–Crippen LogP) is 3.16. The van der Waals surface area contributed by atoms with E-state index < -0.39 is 0 Å². The number of hydrogen-bond acceptors (Lipinski definition) is 5. The normalized spacial score (nSPS) is 10.3. The van der Waals surface area contributed by atoms with Gasteiger partial charge in [-0.25, -0.2) is 9.37 Å². The fourth-order valence-corrected chi connectivity index (χ4v) is 2.70. The van der Waals surface area contributed by atoms with Crippen LogP contribution in [-0.2, 0) is 16.0 Å². The van der Waals surface area contributed by atoms with Gasteiger partial charge in [-0.2, -0.15) is 0 Å². The molecule has 4 nitrogen and oxygen atoms in total. The Labute approximate surface area is 120 Å². The van der Waals surface area contributed by atoms with Gasteiger partial charge in [-0.1, -0.05) is 6.07 Å². The highest BCUT2D eigenvalue weighted by molar-refractivity contribution is 7.13. The molecular weight excluding hydrogens is 279 g/mol. The number of esters is 1. The SMILES string of the molecule is CCN(c1cccc(F)c1)c1nc(CC(=O)OC)cs1. The van der Waals surface area contributed by atoms with Gasteiger partial charge >= 0.3 is 5.97 Å². The highest BCUT2D eigenvalue weighted by Crippen LogP contribution is 2.28. The van der Waals surface area contributed by atoms with Crippen molar-refractivity contribution >= 4 is 28.1 Å². The van der Waals surface area contributed by atoms with E-state index in [1.807, 2.05) is 23.3 Å². The molecule has 0 spiro atoms. The molecule has 0 saturated carbocycles. The van der Waals surface area contributed by atoms with Gasteiger partial charge in [0.25, 0.3) is 0 Å². The van der Waals surface area contributed by atoms with Crippen LogP contribution in [0.1, 0.15) is 12.6 Å². The minimum absolute atomic E-state index is 0.147. The van der Waals surface area contributed by atoms with Crippen molar-refractivity contribution < 1.29 is 13.9 Å². The zero-order valence-corrected chi connectivity index (χ0v) is 12.1. The van der Waals surface area contributed by atoms with Gasteiger partial charge in [-0.15, -0.1) is 11.3 Å². The molecule has 2 aromatic rings. The summed E-state index contributed by atoms with van der Waals surface area (Å²) < 4.78 is 17.9. The van der Waals surface area contributed by atoms with E-state index in [0.29, 0.717) is 12.2 Å². The van der Waals surface area contributed by atoms with Crippen molar-refractivity contribution in [3.63, 3.8) is 0 Å². The number of carbonyl (C=O) groups excluding carboxylic acids is 1. The standard InChI is InChI=1S/C14H15FN2O2S/c1-3-17(12-6-4-5-10(15)7-12)14-16-11(9-20-14)8-13(18)19-2/h4-7,9H,3,8H2,1-2H3. The number of nitrogens with zero attached hydrogens (tertiary/aromatic N) is 2. The third-order valence-electron chi connectivity index (χ3n) is 2.76. The predicted molar refractivity (Wildman–Crippen MR) is 76.9 cm³/mol. The lowest BCUT2D eigenvalue weighted by Crippen LogP contribution is -2.16. The van der Waals surface area contributed by atoms with Crippen molar-refractivity contribution in [1.82, 2.24) is 4.98 Å². The van der Waals surface area contributed by atoms with Gasteiger partial charge in [-0.3, -0.25) is 4.79 Å². The second-order valence-corrected chi connectivity index (χ2v) is 4.94. The van der Waals surface area contributed by atoms with Crippen molar-refractivity contribution in [2.24, 2.45) is 0 Å². The zero-order chi connectivity index (χ0) is 14.5. The number of ether oxygens (including phenoxy) is 1. The van der Waals surface area contributed by atoms with Gasteiger partial charge in [0, 0.05) is 17.6 Å². The highest BCUT2D eigenvalue weighted by Gasteiger charge is 2.14. The van der Waals surface area contributed by atoms with E-state index in [4.69, 9.17) is 0 Å². The summed E-state index contributed by atoms with van der Waals surface area (Å²) in [5, 5.41) is 2.55. The van der Waals surface area contributed by atoms with Crippen LogP contribution in [0.4, 0.5) is 15.2 Å². The van der Waals surface area contributed by atoms with Gasteiger partial charge in [0.15, 0.2) is 5.13 Å². The van der Waals surface area contributed by atoms with E-state index in [0.717, 1.165) is 10.8 Å². The lowest BCUT2D eigenvalue weighted by atomic mass is 10.3. The maximum Gasteiger partial charge on any atom is 0.311 e. The van der Waals surface area contributed by atoms with E-state index in [1.165, 1.54) is 30.6 Å². The molecule has 106 valence electrons. The fourth-order valence-electron chi connectivity index (χ4n) is 1.79. The topological polar surface area (TPSA) is 42.4 Å². The molecule has 0 N–H and O–H groups in total. The molecule has 6 heteroatoms. The first-order valence-electron chi connectivity index (χ1n) is 6.18. The van der Waals surface area contributed by atoms with Gasteiger partial charge in [-0.05, 0) is 25.1 Å². The first-order chi connectivity index (χ1) is 9.63. The fraction of sp³-hybridized carbons (Fsp3) is 0.286. The van der Waals surface area contributed by atoms with E-state index in [-0.39, 0.29) is 18.2 Å². The number of anilines is 2. The number of methoxy groups -OCH3 is 1. The van der Waals surface area contributed by atoms with Crippen LogP contribution >= 0.6 is 11.3 Å². The van der Waals surface area contributed by atoms with Crippen LogP contribution in [0.2, 0.25) is 0 Å². The molecule has 1 aromatic carbocycles. The Kier molecular flexibility index (Phi) is 4.68. The molecule has 0 amide bonds. The third kappa shape index (κ3) is 3.33. The van der Waals surface area contributed by atoms with Crippen molar-refractivity contribution in [2.45, 2.75) is 13.3 Å². The van der Waals surface area contributed by atoms with E-state index in [2.05, 4.69) is 9.72 Å². The minimum Gasteiger partial charge on any atom is -0.469 e. The first kappa shape index (κ1) is 14.5. The van der Waals surface area contributed by atoms with Gasteiger partial charge in [0.05, 0.1) is 19.2 Å². The van der Waals surface area contributed by atoms with E-state index >= 15 is 0 Å². The molecule has 2 rings (SSSR count). The average molecular weight is 294 g/mol. The lowest BCUT2D eigenvalue weighted by Gasteiger charge is -2.19. The van der Waals surface area contributed by atoms with E-state index in [9.17, 15) is 9.18 Å². The summed E-state index contributed by atoms with van der Waals surface area (Å²) in [6.07, 6.45) is 0.147. The lowest BCUT2D eigenvalue weighted by molar-refractivity contribution is -0.139. The van der Waals surface area contributed by atoms with Crippen LogP contribution in [0.5, 0.6) is 0 Å². The Morgan fingerprint density at radius 3 is 2.95 bits per heavy atom. The molecule has 20 heavy (non-hydrogen) atoms. The smallest absolute Gasteiger partial charge is 0.311 e. The molecule has 0 radical (unpaired) electrons. The molecule has 0 aliphatic heterocycles. The molecule has 1 aromatic heterocycles. The van der Waals surface area contributed by atoms with Crippen LogP contribution in [0.3, 0.4) is 0 Å². The summed E-state index contributed by atoms with van der Waals surface area (Å²) in [4.78, 5) is 17.5. The molecular formula is C14H15FN2O2S. The summed E-state index contributed by atoms with van der Waals surface area (Å²) in [7, 11) is 1.35. The summed E-state index contributed by atoms with van der Waals surface area (Å²) in [6.45, 7) is 2.63. The average Bonchev–Trinajstić information content (AvgIpc) is 2.88. The summed E-state index contributed by atoms with van der Waals surface area (Å²) in [5.41, 5.74) is 1.40. The largest absolute Gasteiger partial charge is 0.469 e. The number of halogens is 1. The van der Waals surface area contributed by atoms with Crippen LogP contribution in [-0.4, -0.2) is 24.6 Å². The monoisotopic (exact) mass is 294 g/mol. The summed E-state index contributed by atoms with van der Waals surface area (Å²) in [6, 6.07) is 6.36. The van der Waals surface area contributed by atoms with Crippen LogP contribution in [0.15, 0.2) is 29.6 Å². The molecule has 0 bridgehead atoms. The third-order valence-corrected chi connectivity index (χ3v) is 3.67. The molecule has 0 aliphatic rings. The number of carbonyl (C=O) groups is 1. The highest BCUT2D eigenvalue weighted by atomic mass is 32.1. The Hall–Kier alpha value is -1.95. The molecule has 0 saturated heterocycles. The first-order valence-corrected chi connectivity index (χ1v) is 7.06. The molecule has 0 fully saturated rings. The molecule has 0 aliphatic carbocycles. The molecule has 1 heterocycles. The Morgan fingerprint density at radius 2 is 2.30 bits per heavy atom. The Balaban J connectivity index is 2.22. The van der Waals surface area contributed by atoms with Gasteiger partial charge in [0.2, 0.25) is 0 Å². The number of rotatable bonds is 5. The Bertz CT molecular complexity index is 600. The van der Waals surface area contributed by atoms with Crippen LogP contribution in [0.25, 0.3) is 0 Å². The van der Waals surface area contributed by atoms with Crippen molar-refractivity contribution in [1.29, 1.82) is 0 Å². The van der Waals surface area contributed by atoms with Crippen molar-refractivity contribution in [2.75, 3.05) is 18.6 Å². The molecule has 0 atom stereocenters. The summed E-state index contributed by atoms with van der Waals surface area (Å²) >= 11 is 1.42. The van der Waals surface area contributed by atoms with E-state index in [1.54, 1.807) is 6.07 Å². The van der Waals surface area contributed by atoms with Crippen molar-refractivity contribution in [3.8, 4) is 0 Å². The summed E-state index contributed by atoms with van der Waals surface area (Å²) in [5.74, 6) is -0.608. The van der Waals surface area contributed by atoms with Gasteiger partial charge < -0.3 is 9.64 Å². The molecule has 0 unspecified atom stereocenters. The van der Waals surface area contributed by atoms with Crippen LogP contribution in [0, 0.1) is 5.82 Å². The zero-order valence-electron chi connectivity index (χ0n) is 11.3. The quantitative estimate of drug-likeness (QED) is 0.794. The number of aromatic nitrogens is 1. The van der Waals surface area contributed by atoms with Crippen molar-refractivity contribution in [3.05, 3.63) is 41.2 Å². The minimum atomic E-state index is -0.323. The Morgan fingerprint density at radius 1 is 1.50 bits per heavy atom. The number of thiazole rings is 1. The van der Waals surface area contributed by atoms with Gasteiger partial charge in [0.1, 0.15) is 5.82 Å². The van der Waals surface area contributed by atoms with Crippen LogP contribution < -0.4 is 4.90 Å². The number of benzene rings is 1. The maximum absolute atomic E-state index is 13.3. The second-order valence-electron chi connectivity index (χ2n) is 4.10. The maximum atomic E-state index is 13.3. The second kappa shape index (κ2) is 6.47. The number of hydrogen-bond donors (Lipinski definition) is 0.